The first kappa shape index (κ1) is 24.6. The molecule has 1 spiro atoms. The van der Waals surface area contributed by atoms with Gasteiger partial charge >= 0.3 is 18.4 Å². The molecule has 0 aromatic heterocycles. The van der Waals surface area contributed by atoms with Crippen molar-refractivity contribution >= 4 is 18.4 Å². The van der Waals surface area contributed by atoms with Gasteiger partial charge in [-0.1, -0.05) is 36.4 Å². The largest absolute Gasteiger partial charge is 0.514 e. The summed E-state index contributed by atoms with van der Waals surface area (Å²) in [6.45, 7) is 1.23. The summed E-state index contributed by atoms with van der Waals surface area (Å²) in [5.74, 6) is 0.776. The van der Waals surface area contributed by atoms with Crippen LogP contribution in [0.1, 0.15) is 30.4 Å². The minimum Gasteiger partial charge on any atom is -0.481 e. The maximum Gasteiger partial charge on any atom is 0.514 e. The Morgan fingerprint density at radius 1 is 0.951 bits per heavy atom. The number of carbonyl (C=O) groups excluding carboxylic acids is 3. The highest BCUT2D eigenvalue weighted by atomic mass is 16.7. The Bertz CT molecular complexity index is 1470. The molecule has 0 N–H and O–H groups in total. The van der Waals surface area contributed by atoms with Crippen LogP contribution in [0.3, 0.4) is 0 Å². The van der Waals surface area contributed by atoms with Gasteiger partial charge in [-0.2, -0.15) is 0 Å². The van der Waals surface area contributed by atoms with E-state index in [1.54, 1.807) is 6.07 Å². The number of hydrogen-bond donors (Lipinski definition) is 0. The third-order valence-electron chi connectivity index (χ3n) is 9.10. The van der Waals surface area contributed by atoms with Crippen molar-refractivity contribution in [3.8, 4) is 11.5 Å². The molecule has 5 unspecified atom stereocenters. The maximum absolute atomic E-state index is 13.2. The SMILES string of the molecule is O=C(OCC1=CC1)Oc1ccc2c3c1OC1C(OC(=O)OCC4C=C4)C=CC4C(C2)N(C(=O)OCC2=CC2)CCC341. The van der Waals surface area contributed by atoms with Crippen molar-refractivity contribution in [3.05, 3.63) is 70.9 Å². The summed E-state index contributed by atoms with van der Waals surface area (Å²) in [5, 5.41) is 0. The number of carbonyl (C=O) groups is 3. The van der Waals surface area contributed by atoms with Crippen molar-refractivity contribution < 1.29 is 42.8 Å². The van der Waals surface area contributed by atoms with Crippen LogP contribution in [0.2, 0.25) is 0 Å². The van der Waals surface area contributed by atoms with Gasteiger partial charge < -0.3 is 33.3 Å². The molecule has 10 heteroatoms. The molecule has 1 aromatic carbocycles. The number of likely N-dealkylation sites (tertiary alicyclic amines) is 1. The first-order valence-corrected chi connectivity index (χ1v) is 14.2. The van der Waals surface area contributed by atoms with E-state index >= 15 is 0 Å². The lowest BCUT2D eigenvalue weighted by Gasteiger charge is -2.56. The quantitative estimate of drug-likeness (QED) is 0.196. The van der Waals surface area contributed by atoms with Gasteiger partial charge in [-0.15, -0.1) is 0 Å². The minimum atomic E-state index is -0.804. The summed E-state index contributed by atoms with van der Waals surface area (Å²) in [5.41, 5.74) is 3.55. The van der Waals surface area contributed by atoms with E-state index in [0.29, 0.717) is 31.7 Å². The first-order chi connectivity index (χ1) is 20.0. The number of hydrogen-bond acceptors (Lipinski definition) is 9. The van der Waals surface area contributed by atoms with Gasteiger partial charge in [0.15, 0.2) is 17.6 Å². The fourth-order valence-corrected chi connectivity index (χ4v) is 6.82. The molecule has 1 amide bonds. The number of benzene rings is 1. The standard InChI is InChI=1S/C31H29NO9/c33-28(36-14-17-1-2-17)32-12-11-31-21-8-10-24(40-30(35)38-16-19-5-6-19)27(31)41-26-23(39-29(34)37-15-18-3-4-18)9-7-20(25(26)31)13-22(21)32/h1,3,5-10,19,21-22,24,27H,2,4,11-16H2. The van der Waals surface area contributed by atoms with Gasteiger partial charge in [-0.05, 0) is 54.5 Å². The normalized spacial score (nSPS) is 30.3. The van der Waals surface area contributed by atoms with Gasteiger partial charge in [-0.25, -0.2) is 14.4 Å². The Labute approximate surface area is 236 Å². The van der Waals surface area contributed by atoms with Crippen LogP contribution in [0.15, 0.2) is 59.7 Å². The van der Waals surface area contributed by atoms with Gasteiger partial charge in [0.25, 0.3) is 0 Å². The van der Waals surface area contributed by atoms with Crippen LogP contribution in [0.25, 0.3) is 0 Å². The molecular weight excluding hydrogens is 530 g/mol. The predicted octanol–water partition coefficient (Wildman–Crippen LogP) is 4.52. The number of rotatable bonds is 8. The zero-order chi connectivity index (χ0) is 27.7. The molecule has 8 rings (SSSR count). The van der Waals surface area contributed by atoms with Crippen LogP contribution in [0, 0.1) is 11.8 Å². The lowest BCUT2D eigenvalue weighted by Crippen LogP contribution is -2.66. The Morgan fingerprint density at radius 3 is 2.49 bits per heavy atom. The van der Waals surface area contributed by atoms with Gasteiger partial charge in [0, 0.05) is 30.0 Å². The third-order valence-corrected chi connectivity index (χ3v) is 9.10. The van der Waals surface area contributed by atoms with E-state index in [2.05, 4.69) is 0 Å². The summed E-state index contributed by atoms with van der Waals surface area (Å²) in [4.78, 5) is 40.2. The topological polar surface area (TPSA) is 110 Å². The lowest BCUT2D eigenvalue weighted by molar-refractivity contribution is -0.0646. The lowest BCUT2D eigenvalue weighted by atomic mass is 9.53. The van der Waals surface area contributed by atoms with Crippen LogP contribution in [0.5, 0.6) is 11.5 Å². The highest BCUT2D eigenvalue weighted by Crippen LogP contribution is 2.63. The molecule has 5 aliphatic carbocycles. The molecule has 0 saturated carbocycles. The molecule has 1 fully saturated rings. The maximum atomic E-state index is 13.2. The van der Waals surface area contributed by atoms with Crippen LogP contribution in [-0.2, 0) is 30.8 Å². The molecule has 2 bridgehead atoms. The van der Waals surface area contributed by atoms with Gasteiger partial charge in [0.05, 0.1) is 5.41 Å². The van der Waals surface area contributed by atoms with Gasteiger partial charge in [0.2, 0.25) is 0 Å². The summed E-state index contributed by atoms with van der Waals surface area (Å²) < 4.78 is 34.2. The third kappa shape index (κ3) is 4.27. The highest BCUT2D eigenvalue weighted by molar-refractivity contribution is 5.72. The molecule has 1 saturated heterocycles. The average Bonchev–Trinajstić information content (AvgIpc) is 3.83. The molecule has 7 aliphatic rings. The minimum absolute atomic E-state index is 0.113. The van der Waals surface area contributed by atoms with Crippen LogP contribution < -0.4 is 9.47 Å². The molecule has 10 nitrogen and oxygen atoms in total. The monoisotopic (exact) mass is 559 g/mol. The Morgan fingerprint density at radius 2 is 1.73 bits per heavy atom. The van der Waals surface area contributed by atoms with E-state index in [4.69, 9.17) is 28.4 Å². The van der Waals surface area contributed by atoms with Crippen molar-refractivity contribution in [2.45, 2.75) is 49.3 Å². The highest BCUT2D eigenvalue weighted by Gasteiger charge is 2.66. The van der Waals surface area contributed by atoms with Crippen molar-refractivity contribution in [2.75, 3.05) is 26.4 Å². The summed E-state index contributed by atoms with van der Waals surface area (Å²) >= 11 is 0. The number of piperidine rings is 1. The average molecular weight is 560 g/mol. The van der Waals surface area contributed by atoms with Crippen LogP contribution in [0.4, 0.5) is 14.4 Å². The summed E-state index contributed by atoms with van der Waals surface area (Å²) in [6, 6.07) is 3.47. The molecule has 2 heterocycles. The van der Waals surface area contributed by atoms with Crippen LogP contribution >= 0.6 is 0 Å². The second kappa shape index (κ2) is 9.15. The van der Waals surface area contributed by atoms with Crippen molar-refractivity contribution in [1.82, 2.24) is 4.90 Å². The van der Waals surface area contributed by atoms with Gasteiger partial charge in [0.1, 0.15) is 25.9 Å². The predicted molar refractivity (Wildman–Crippen MR) is 142 cm³/mol. The fraction of sp³-hybridized carbons (Fsp3) is 0.452. The van der Waals surface area contributed by atoms with E-state index < -0.39 is 29.9 Å². The molecule has 1 aromatic rings. The Hall–Kier alpha value is -4.21. The molecule has 41 heavy (non-hydrogen) atoms. The fourth-order valence-electron chi connectivity index (χ4n) is 6.82. The van der Waals surface area contributed by atoms with Crippen molar-refractivity contribution in [1.29, 1.82) is 0 Å². The van der Waals surface area contributed by atoms with E-state index in [1.165, 1.54) is 0 Å². The number of nitrogens with zero attached hydrogens (tertiary/aromatic N) is 1. The molecular formula is C31H29NO9. The first-order valence-electron chi connectivity index (χ1n) is 14.2. The van der Waals surface area contributed by atoms with E-state index in [0.717, 1.165) is 35.1 Å². The van der Waals surface area contributed by atoms with E-state index in [-0.39, 0.29) is 42.9 Å². The second-order valence-corrected chi connectivity index (χ2v) is 11.7. The Kier molecular flexibility index (Phi) is 5.49. The smallest absolute Gasteiger partial charge is 0.481 e. The van der Waals surface area contributed by atoms with Gasteiger partial charge in [-0.3, -0.25) is 0 Å². The summed E-state index contributed by atoms with van der Waals surface area (Å²) in [7, 11) is 0. The molecule has 5 atom stereocenters. The number of allylic oxidation sites excluding steroid dienone is 2. The van der Waals surface area contributed by atoms with E-state index in [9.17, 15) is 14.4 Å². The second-order valence-electron chi connectivity index (χ2n) is 11.7. The van der Waals surface area contributed by atoms with Crippen molar-refractivity contribution in [2.24, 2.45) is 11.8 Å². The Balaban J connectivity index is 1.11. The zero-order valence-corrected chi connectivity index (χ0v) is 22.3. The molecule has 2 aliphatic heterocycles. The molecule has 212 valence electrons. The molecule has 0 radical (unpaired) electrons. The number of amides is 1. The number of ether oxygens (including phenoxy) is 6. The zero-order valence-electron chi connectivity index (χ0n) is 22.3. The van der Waals surface area contributed by atoms with E-state index in [1.807, 2.05) is 47.4 Å². The van der Waals surface area contributed by atoms with Crippen LogP contribution in [-0.4, -0.2) is 67.9 Å². The summed E-state index contributed by atoms with van der Waals surface area (Å²) in [6.07, 6.45) is 11.5. The van der Waals surface area contributed by atoms with Crippen molar-refractivity contribution in [3.63, 3.8) is 0 Å².